The lowest BCUT2D eigenvalue weighted by atomic mass is 9.87. The molecule has 5 atom stereocenters. The predicted molar refractivity (Wildman–Crippen MR) is 130 cm³/mol. The van der Waals surface area contributed by atoms with Crippen LogP contribution < -0.4 is 0 Å². The maximum absolute atomic E-state index is 10.9. The second-order valence-electron chi connectivity index (χ2n) is 10.6. The average molecular weight is 426 g/mol. The highest BCUT2D eigenvalue weighted by Crippen LogP contribution is 2.48. The van der Waals surface area contributed by atoms with Crippen molar-refractivity contribution >= 4 is 0 Å². The van der Waals surface area contributed by atoms with Crippen LogP contribution in [-0.2, 0) is 6.42 Å². The molecule has 0 spiro atoms. The van der Waals surface area contributed by atoms with Crippen molar-refractivity contribution in [2.24, 2.45) is 17.8 Å². The van der Waals surface area contributed by atoms with Crippen LogP contribution >= 0.6 is 0 Å². The zero-order chi connectivity index (χ0) is 22.4. The lowest BCUT2D eigenvalue weighted by Crippen LogP contribution is -2.24. The van der Waals surface area contributed by atoms with Gasteiger partial charge in [0.1, 0.15) is 0 Å². The molecule has 1 aromatic carbocycles. The number of hydrogen-bond acceptors (Lipinski definition) is 3. The Balaban J connectivity index is 1.48. The third-order valence-electron chi connectivity index (χ3n) is 7.23. The Bertz CT molecular complexity index is 764. The molecule has 3 rings (SSSR count). The molecule has 3 nitrogen and oxygen atoms in total. The minimum absolute atomic E-state index is 0.165. The first kappa shape index (κ1) is 24.2. The molecule has 1 aromatic rings. The number of unbranched alkanes of at least 4 members (excludes halogenated alkanes) is 2. The van der Waals surface area contributed by atoms with E-state index in [0.717, 1.165) is 19.3 Å². The van der Waals surface area contributed by atoms with Crippen molar-refractivity contribution in [2.75, 3.05) is 20.6 Å². The van der Waals surface area contributed by atoms with Crippen molar-refractivity contribution in [3.63, 3.8) is 0 Å². The number of fused-ring (bicyclic) bond motifs is 1. The van der Waals surface area contributed by atoms with Gasteiger partial charge in [0.2, 0.25) is 0 Å². The Morgan fingerprint density at radius 3 is 2.71 bits per heavy atom. The summed E-state index contributed by atoms with van der Waals surface area (Å²) in [5.41, 5.74) is 3.28. The summed E-state index contributed by atoms with van der Waals surface area (Å²) in [6, 6.07) is 8.51. The lowest BCUT2D eigenvalue weighted by Gasteiger charge is -2.23. The van der Waals surface area contributed by atoms with Gasteiger partial charge in [0.15, 0.2) is 0 Å². The van der Waals surface area contributed by atoms with Gasteiger partial charge in [-0.3, -0.25) is 0 Å². The van der Waals surface area contributed by atoms with Crippen LogP contribution in [0.3, 0.4) is 0 Å². The molecule has 1 fully saturated rings. The minimum atomic E-state index is -0.844. The van der Waals surface area contributed by atoms with Gasteiger partial charge < -0.3 is 15.1 Å². The minimum Gasteiger partial charge on any atom is -0.392 e. The maximum Gasteiger partial charge on any atom is 0.0802 e. The van der Waals surface area contributed by atoms with Crippen LogP contribution in [0.5, 0.6) is 0 Å². The third kappa shape index (κ3) is 7.30. The van der Waals surface area contributed by atoms with Crippen molar-refractivity contribution in [2.45, 2.75) is 76.9 Å². The molecule has 0 bridgehead atoms. The first-order chi connectivity index (χ1) is 14.7. The monoisotopic (exact) mass is 425 g/mol. The van der Waals surface area contributed by atoms with E-state index in [2.05, 4.69) is 62.3 Å². The van der Waals surface area contributed by atoms with Crippen molar-refractivity contribution in [1.82, 2.24) is 4.90 Å². The van der Waals surface area contributed by atoms with E-state index in [1.807, 2.05) is 13.0 Å². The van der Waals surface area contributed by atoms with Crippen LogP contribution in [0.25, 0.3) is 0 Å². The molecule has 0 aliphatic heterocycles. The van der Waals surface area contributed by atoms with E-state index in [1.54, 1.807) is 5.57 Å². The van der Waals surface area contributed by atoms with Gasteiger partial charge in [-0.15, -0.1) is 0 Å². The van der Waals surface area contributed by atoms with Gasteiger partial charge in [0.05, 0.1) is 11.7 Å². The summed E-state index contributed by atoms with van der Waals surface area (Å²) in [5.74, 6) is 1.19. The highest BCUT2D eigenvalue weighted by atomic mass is 16.3. The zero-order valence-corrected chi connectivity index (χ0v) is 20.1. The number of hydrogen-bond donors (Lipinski definition) is 2. The summed E-state index contributed by atoms with van der Waals surface area (Å²) in [6.07, 6.45) is 14.9. The van der Waals surface area contributed by atoms with E-state index in [-0.39, 0.29) is 12.0 Å². The molecule has 1 saturated carbocycles. The van der Waals surface area contributed by atoms with Crippen molar-refractivity contribution in [3.8, 4) is 0 Å². The van der Waals surface area contributed by atoms with Gasteiger partial charge in [-0.1, -0.05) is 60.1 Å². The molecule has 2 aliphatic carbocycles. The summed E-state index contributed by atoms with van der Waals surface area (Å²) in [4.78, 5) is 2.26. The van der Waals surface area contributed by atoms with Gasteiger partial charge in [-0.05, 0) is 96.8 Å². The topological polar surface area (TPSA) is 43.7 Å². The number of aryl methyl sites for hydroxylation is 2. The number of aliphatic hydroxyl groups is 2. The van der Waals surface area contributed by atoms with Crippen molar-refractivity contribution in [3.05, 3.63) is 59.2 Å². The van der Waals surface area contributed by atoms with Gasteiger partial charge >= 0.3 is 0 Å². The largest absolute Gasteiger partial charge is 0.392 e. The standard InChI is InChI=1S/C28H43NO2/c1-21-9-8-11-22(17-21)12-14-28(2,31)15-13-25-26-19-23(18-24(26)20-27(25)30)10-6-5-7-16-29(3)4/h8-9,11,13,15,17-18,24-27,30-31H,5-7,10,12,14,16,19-20H2,1-4H3/t24-,25+,26-,27+,28-/m0/s1. The number of allylic oxidation sites excluding steroid dienone is 2. The van der Waals surface area contributed by atoms with E-state index < -0.39 is 5.60 Å². The summed E-state index contributed by atoms with van der Waals surface area (Å²) in [6.45, 7) is 5.17. The first-order valence-corrected chi connectivity index (χ1v) is 12.2. The molecule has 31 heavy (non-hydrogen) atoms. The van der Waals surface area contributed by atoms with Crippen molar-refractivity contribution < 1.29 is 10.2 Å². The van der Waals surface area contributed by atoms with Crippen LogP contribution in [0, 0.1) is 24.7 Å². The smallest absolute Gasteiger partial charge is 0.0802 e. The van der Waals surface area contributed by atoms with Crippen LogP contribution in [0.1, 0.15) is 63.0 Å². The summed E-state index contributed by atoms with van der Waals surface area (Å²) in [5, 5.41) is 21.6. The second kappa shape index (κ2) is 10.9. The Hall–Kier alpha value is -1.42. The van der Waals surface area contributed by atoms with Crippen molar-refractivity contribution in [1.29, 1.82) is 0 Å². The molecule has 2 N–H and O–H groups in total. The highest BCUT2D eigenvalue weighted by Gasteiger charge is 2.43. The second-order valence-corrected chi connectivity index (χ2v) is 10.6. The van der Waals surface area contributed by atoms with Gasteiger partial charge in [0, 0.05) is 5.92 Å². The number of benzene rings is 1. The molecule has 0 aromatic heterocycles. The molecule has 2 aliphatic rings. The molecule has 0 unspecified atom stereocenters. The van der Waals surface area contributed by atoms with Gasteiger partial charge in [-0.25, -0.2) is 0 Å². The third-order valence-corrected chi connectivity index (χ3v) is 7.23. The predicted octanol–water partition coefficient (Wildman–Crippen LogP) is 5.30. The molecule has 0 amide bonds. The van der Waals surface area contributed by atoms with Crippen LogP contribution in [0.2, 0.25) is 0 Å². The maximum atomic E-state index is 10.9. The number of aliphatic hydroxyl groups excluding tert-OH is 1. The highest BCUT2D eigenvalue weighted by molar-refractivity contribution is 5.24. The van der Waals surface area contributed by atoms with E-state index in [9.17, 15) is 10.2 Å². The normalized spacial score (nSPS) is 27.6. The SMILES string of the molecule is Cc1cccc(CC[C@](C)(O)C=C[C@@H]2[C@H]3CC(CCCCCN(C)C)=C[C@H]3C[C@H]2O)c1. The van der Waals surface area contributed by atoms with Gasteiger partial charge in [0.25, 0.3) is 0 Å². The zero-order valence-electron chi connectivity index (χ0n) is 20.1. The fraction of sp³-hybridized carbons (Fsp3) is 0.643. The van der Waals surface area contributed by atoms with E-state index in [1.165, 1.54) is 43.4 Å². The molecule has 0 radical (unpaired) electrons. The molecule has 0 heterocycles. The number of nitrogens with zero attached hydrogens (tertiary/aromatic N) is 1. The van der Waals surface area contributed by atoms with Crippen LogP contribution in [0.4, 0.5) is 0 Å². The van der Waals surface area contributed by atoms with E-state index in [0.29, 0.717) is 18.3 Å². The quantitative estimate of drug-likeness (QED) is 0.373. The van der Waals surface area contributed by atoms with Crippen LogP contribution in [0.15, 0.2) is 48.1 Å². The Labute approximate surface area is 189 Å². The molecular weight excluding hydrogens is 382 g/mol. The molecule has 0 saturated heterocycles. The van der Waals surface area contributed by atoms with E-state index >= 15 is 0 Å². The first-order valence-electron chi connectivity index (χ1n) is 12.2. The summed E-state index contributed by atoms with van der Waals surface area (Å²) < 4.78 is 0. The molecule has 172 valence electrons. The summed E-state index contributed by atoms with van der Waals surface area (Å²) >= 11 is 0. The van der Waals surface area contributed by atoms with Crippen LogP contribution in [-0.4, -0.2) is 47.5 Å². The molecule has 3 heteroatoms. The Morgan fingerprint density at radius 1 is 1.16 bits per heavy atom. The summed E-state index contributed by atoms with van der Waals surface area (Å²) in [7, 11) is 4.28. The number of rotatable bonds is 11. The average Bonchev–Trinajstić information content (AvgIpc) is 3.21. The Morgan fingerprint density at radius 2 is 1.97 bits per heavy atom. The lowest BCUT2D eigenvalue weighted by molar-refractivity contribution is 0.0989. The molecular formula is C28H43NO2. The van der Waals surface area contributed by atoms with E-state index in [4.69, 9.17) is 0 Å². The fourth-order valence-electron chi connectivity index (χ4n) is 5.41. The fourth-order valence-corrected chi connectivity index (χ4v) is 5.41. The van der Waals surface area contributed by atoms with Gasteiger partial charge in [-0.2, -0.15) is 0 Å². The Kier molecular flexibility index (Phi) is 8.55.